The van der Waals surface area contributed by atoms with Crippen LogP contribution in [0.5, 0.6) is 0 Å². The summed E-state index contributed by atoms with van der Waals surface area (Å²) in [6.07, 6.45) is 3.51. The molecule has 0 atom stereocenters. The molecule has 0 spiro atoms. The molecule has 128 valence electrons. The van der Waals surface area contributed by atoms with Crippen molar-refractivity contribution < 1.29 is 8.42 Å². The van der Waals surface area contributed by atoms with Gasteiger partial charge in [0.1, 0.15) is 0 Å². The predicted octanol–water partition coefficient (Wildman–Crippen LogP) is 4.82. The topological polar surface area (TPSA) is 59.1 Å². The highest BCUT2D eigenvalue weighted by Gasteiger charge is 2.18. The first-order chi connectivity index (χ1) is 11.9. The first kappa shape index (κ1) is 17.5. The lowest BCUT2D eigenvalue weighted by Crippen LogP contribution is -2.13. The van der Waals surface area contributed by atoms with Crippen molar-refractivity contribution in [2.45, 2.75) is 18.7 Å². The molecule has 0 bridgehead atoms. The molecule has 0 fully saturated rings. The molecular weight excluding hydrogens is 356 g/mol. The summed E-state index contributed by atoms with van der Waals surface area (Å²) in [4.78, 5) is 4.35. The second kappa shape index (κ2) is 6.86. The van der Waals surface area contributed by atoms with Crippen LogP contribution in [0, 0.1) is 13.8 Å². The molecule has 1 aromatic heterocycles. The Labute approximate surface area is 152 Å². The van der Waals surface area contributed by atoms with E-state index in [4.69, 9.17) is 11.6 Å². The molecule has 0 unspecified atom stereocenters. The lowest BCUT2D eigenvalue weighted by molar-refractivity contribution is 0.601. The Morgan fingerprint density at radius 1 is 0.960 bits per heavy atom. The van der Waals surface area contributed by atoms with Gasteiger partial charge in [-0.15, -0.1) is 0 Å². The highest BCUT2D eigenvalue weighted by atomic mass is 35.5. The van der Waals surface area contributed by atoms with Crippen molar-refractivity contribution in [1.29, 1.82) is 0 Å². The maximum atomic E-state index is 12.5. The number of benzene rings is 2. The summed E-state index contributed by atoms with van der Waals surface area (Å²) >= 11 is 6.45. The summed E-state index contributed by atoms with van der Waals surface area (Å²) in [5.41, 5.74) is 4.13. The Balaban J connectivity index is 2.01. The zero-order valence-corrected chi connectivity index (χ0v) is 15.4. The largest absolute Gasteiger partial charge is 0.278 e. The lowest BCUT2D eigenvalue weighted by Gasteiger charge is -2.15. The van der Waals surface area contributed by atoms with Crippen molar-refractivity contribution in [2.75, 3.05) is 4.72 Å². The third-order valence-electron chi connectivity index (χ3n) is 4.01. The van der Waals surface area contributed by atoms with Gasteiger partial charge in [0, 0.05) is 18.0 Å². The molecule has 1 heterocycles. The predicted molar refractivity (Wildman–Crippen MR) is 101 cm³/mol. The highest BCUT2D eigenvalue weighted by Crippen LogP contribution is 2.35. The highest BCUT2D eigenvalue weighted by molar-refractivity contribution is 7.92. The Morgan fingerprint density at radius 3 is 2.36 bits per heavy atom. The third-order valence-corrected chi connectivity index (χ3v) is 5.88. The van der Waals surface area contributed by atoms with Crippen LogP contribution in [0.3, 0.4) is 0 Å². The monoisotopic (exact) mass is 372 g/mol. The standard InChI is InChI=1S/C19H17ClN2O2S/c1-13-10-11-21-12-17(13)16-8-9-18(19(20)14(16)2)22-25(23,24)15-6-4-3-5-7-15/h3-12,22H,1-2H3. The fraction of sp³-hybridized carbons (Fsp3) is 0.105. The zero-order chi connectivity index (χ0) is 18.0. The molecule has 0 saturated heterocycles. The van der Waals surface area contributed by atoms with Gasteiger partial charge in [-0.3, -0.25) is 9.71 Å². The molecule has 0 aliphatic rings. The van der Waals surface area contributed by atoms with Crippen molar-refractivity contribution in [3.8, 4) is 11.1 Å². The van der Waals surface area contributed by atoms with Crippen molar-refractivity contribution in [2.24, 2.45) is 0 Å². The molecule has 6 heteroatoms. The van der Waals surface area contributed by atoms with E-state index in [2.05, 4.69) is 9.71 Å². The van der Waals surface area contributed by atoms with E-state index in [1.807, 2.05) is 26.0 Å². The van der Waals surface area contributed by atoms with Gasteiger partial charge in [-0.1, -0.05) is 35.9 Å². The van der Waals surface area contributed by atoms with Crippen LogP contribution in [-0.2, 0) is 10.0 Å². The number of pyridine rings is 1. The Morgan fingerprint density at radius 2 is 1.68 bits per heavy atom. The molecule has 4 nitrogen and oxygen atoms in total. The maximum Gasteiger partial charge on any atom is 0.261 e. The Hall–Kier alpha value is -2.37. The molecule has 2 aromatic carbocycles. The maximum absolute atomic E-state index is 12.5. The molecular formula is C19H17ClN2O2S. The average Bonchev–Trinajstić information content (AvgIpc) is 2.61. The first-order valence-electron chi connectivity index (χ1n) is 7.68. The molecule has 0 amide bonds. The summed E-state index contributed by atoms with van der Waals surface area (Å²) in [5.74, 6) is 0. The minimum Gasteiger partial charge on any atom is -0.278 e. The van der Waals surface area contributed by atoms with Gasteiger partial charge in [0.05, 0.1) is 15.6 Å². The van der Waals surface area contributed by atoms with Crippen LogP contribution in [0.2, 0.25) is 5.02 Å². The van der Waals surface area contributed by atoms with Crippen LogP contribution in [-0.4, -0.2) is 13.4 Å². The summed E-state index contributed by atoms with van der Waals surface area (Å²) < 4.78 is 27.6. The number of sulfonamides is 1. The van der Waals surface area contributed by atoms with Gasteiger partial charge in [0.25, 0.3) is 10.0 Å². The van der Waals surface area contributed by atoms with Crippen LogP contribution in [0.25, 0.3) is 11.1 Å². The fourth-order valence-electron chi connectivity index (χ4n) is 2.60. The molecule has 0 radical (unpaired) electrons. The van der Waals surface area contributed by atoms with E-state index in [0.29, 0.717) is 10.7 Å². The van der Waals surface area contributed by atoms with E-state index in [-0.39, 0.29) is 4.90 Å². The molecule has 1 N–H and O–H groups in total. The summed E-state index contributed by atoms with van der Waals surface area (Å²) in [6.45, 7) is 3.86. The van der Waals surface area contributed by atoms with Gasteiger partial charge in [-0.05, 0) is 54.8 Å². The zero-order valence-electron chi connectivity index (χ0n) is 13.8. The van der Waals surface area contributed by atoms with Crippen LogP contribution in [0.1, 0.15) is 11.1 Å². The van der Waals surface area contributed by atoms with E-state index in [0.717, 1.165) is 22.3 Å². The minimum absolute atomic E-state index is 0.191. The molecule has 0 saturated carbocycles. The van der Waals surface area contributed by atoms with Crippen molar-refractivity contribution in [3.05, 3.63) is 77.1 Å². The van der Waals surface area contributed by atoms with E-state index in [1.54, 1.807) is 36.7 Å². The number of nitrogens with zero attached hydrogens (tertiary/aromatic N) is 1. The average molecular weight is 373 g/mol. The number of hydrogen-bond donors (Lipinski definition) is 1. The smallest absolute Gasteiger partial charge is 0.261 e. The lowest BCUT2D eigenvalue weighted by atomic mass is 9.98. The first-order valence-corrected chi connectivity index (χ1v) is 9.54. The van der Waals surface area contributed by atoms with Crippen LogP contribution >= 0.6 is 11.6 Å². The number of nitrogens with one attached hydrogen (secondary N) is 1. The van der Waals surface area contributed by atoms with Gasteiger partial charge in [0.15, 0.2) is 0 Å². The van der Waals surface area contributed by atoms with Gasteiger partial charge in [0.2, 0.25) is 0 Å². The molecule has 0 aliphatic heterocycles. The quantitative estimate of drug-likeness (QED) is 0.714. The summed E-state index contributed by atoms with van der Waals surface area (Å²) in [7, 11) is -3.69. The molecule has 3 rings (SSSR count). The number of hydrogen-bond acceptors (Lipinski definition) is 3. The molecule has 3 aromatic rings. The number of anilines is 1. The number of aryl methyl sites for hydroxylation is 1. The summed E-state index contributed by atoms with van der Waals surface area (Å²) in [6, 6.07) is 13.7. The number of halogens is 1. The SMILES string of the molecule is Cc1ccncc1-c1ccc(NS(=O)(=O)c2ccccc2)c(Cl)c1C. The van der Waals surface area contributed by atoms with Gasteiger partial charge in [-0.2, -0.15) is 0 Å². The second-order valence-corrected chi connectivity index (χ2v) is 7.77. The Bertz CT molecular complexity index is 1020. The van der Waals surface area contributed by atoms with Crippen LogP contribution in [0.15, 0.2) is 65.8 Å². The minimum atomic E-state index is -3.69. The third kappa shape index (κ3) is 3.52. The van der Waals surface area contributed by atoms with Crippen LogP contribution in [0.4, 0.5) is 5.69 Å². The Kier molecular flexibility index (Phi) is 4.79. The molecule has 0 aliphatic carbocycles. The van der Waals surface area contributed by atoms with Gasteiger partial charge < -0.3 is 0 Å². The number of rotatable bonds is 4. The van der Waals surface area contributed by atoms with Crippen molar-refractivity contribution in [1.82, 2.24) is 4.98 Å². The van der Waals surface area contributed by atoms with Crippen molar-refractivity contribution in [3.63, 3.8) is 0 Å². The normalized spacial score (nSPS) is 11.3. The van der Waals surface area contributed by atoms with E-state index >= 15 is 0 Å². The summed E-state index contributed by atoms with van der Waals surface area (Å²) in [5, 5.41) is 0.375. The van der Waals surface area contributed by atoms with E-state index in [9.17, 15) is 8.42 Å². The fourth-order valence-corrected chi connectivity index (χ4v) is 3.97. The van der Waals surface area contributed by atoms with Gasteiger partial charge >= 0.3 is 0 Å². The van der Waals surface area contributed by atoms with E-state index < -0.39 is 10.0 Å². The number of aromatic nitrogens is 1. The van der Waals surface area contributed by atoms with Gasteiger partial charge in [-0.25, -0.2) is 8.42 Å². The molecule has 25 heavy (non-hydrogen) atoms. The second-order valence-electron chi connectivity index (χ2n) is 5.71. The van der Waals surface area contributed by atoms with E-state index in [1.165, 1.54) is 12.1 Å². The van der Waals surface area contributed by atoms with Crippen molar-refractivity contribution >= 4 is 27.3 Å². The van der Waals surface area contributed by atoms with Crippen LogP contribution < -0.4 is 4.72 Å².